The van der Waals surface area contributed by atoms with E-state index >= 15 is 8.78 Å². The molecule has 0 radical (unpaired) electrons. The van der Waals surface area contributed by atoms with Crippen LogP contribution >= 0.6 is 0 Å². The van der Waals surface area contributed by atoms with E-state index in [0.29, 0.717) is 28.3 Å². The van der Waals surface area contributed by atoms with Crippen molar-refractivity contribution in [3.63, 3.8) is 0 Å². The molecule has 0 spiro atoms. The maximum Gasteiger partial charge on any atom is 0.414 e. The number of hydrogen-bond donors (Lipinski definition) is 3. The molecular formula is C23H30F2N4O4. The molecule has 8 nitrogen and oxygen atoms in total. The fourth-order valence-electron chi connectivity index (χ4n) is 4.17. The van der Waals surface area contributed by atoms with Crippen LogP contribution in [-0.4, -0.2) is 53.3 Å². The Morgan fingerprint density at radius 2 is 2.00 bits per heavy atom. The van der Waals surface area contributed by atoms with Gasteiger partial charge < -0.3 is 15.5 Å². The highest BCUT2D eigenvalue weighted by molar-refractivity contribution is 6.17. The summed E-state index contributed by atoms with van der Waals surface area (Å²) in [5.74, 6) is -2.93. The molecule has 10 heteroatoms. The number of rotatable bonds is 5. The molecule has 180 valence electrons. The molecule has 3 N–H and O–H groups in total. The number of imide groups is 1. The zero-order valence-electron chi connectivity index (χ0n) is 19.3. The van der Waals surface area contributed by atoms with Crippen LogP contribution in [0.4, 0.5) is 19.3 Å². The third-order valence-corrected chi connectivity index (χ3v) is 5.73. The van der Waals surface area contributed by atoms with Crippen molar-refractivity contribution in [2.24, 2.45) is 5.92 Å². The van der Waals surface area contributed by atoms with E-state index in [9.17, 15) is 14.4 Å². The SMILES string of the molecule is CCNc1cc(C2CCN(C(=O)OC(C)(C)C)C2(F)F)ccc1C(=N)C1CCC(=O)NC1=O. The van der Waals surface area contributed by atoms with Gasteiger partial charge in [-0.05, 0) is 52.2 Å². The normalized spacial score (nSPS) is 22.7. The van der Waals surface area contributed by atoms with Crippen molar-refractivity contribution in [3.05, 3.63) is 29.3 Å². The lowest BCUT2D eigenvalue weighted by Crippen LogP contribution is -2.45. The third kappa shape index (κ3) is 5.15. The van der Waals surface area contributed by atoms with Crippen LogP contribution in [0.3, 0.4) is 0 Å². The third-order valence-electron chi connectivity index (χ3n) is 5.73. The lowest BCUT2D eigenvalue weighted by Gasteiger charge is -2.30. The van der Waals surface area contributed by atoms with Crippen molar-refractivity contribution < 1.29 is 27.9 Å². The number of benzene rings is 1. The van der Waals surface area contributed by atoms with Gasteiger partial charge in [0.1, 0.15) is 5.60 Å². The van der Waals surface area contributed by atoms with Crippen LogP contribution in [0.5, 0.6) is 0 Å². The molecular weight excluding hydrogens is 434 g/mol. The first-order chi connectivity index (χ1) is 15.3. The molecule has 1 aromatic carbocycles. The van der Waals surface area contributed by atoms with Crippen LogP contribution in [0.1, 0.15) is 64.0 Å². The van der Waals surface area contributed by atoms with E-state index in [1.807, 2.05) is 6.92 Å². The minimum Gasteiger partial charge on any atom is -0.444 e. The topological polar surface area (TPSA) is 112 Å². The van der Waals surface area contributed by atoms with Gasteiger partial charge in [-0.2, -0.15) is 8.78 Å². The maximum absolute atomic E-state index is 15.2. The average Bonchev–Trinajstić information content (AvgIpc) is 3.01. The minimum atomic E-state index is -3.44. The van der Waals surface area contributed by atoms with Crippen LogP contribution in [0.2, 0.25) is 0 Å². The number of piperidine rings is 1. The minimum absolute atomic E-state index is 0.0241. The van der Waals surface area contributed by atoms with Gasteiger partial charge >= 0.3 is 12.1 Å². The van der Waals surface area contributed by atoms with Gasteiger partial charge in [-0.1, -0.05) is 12.1 Å². The summed E-state index contributed by atoms with van der Waals surface area (Å²) in [5, 5.41) is 13.9. The predicted molar refractivity (Wildman–Crippen MR) is 119 cm³/mol. The number of alkyl halides is 2. The van der Waals surface area contributed by atoms with Crippen LogP contribution < -0.4 is 10.6 Å². The van der Waals surface area contributed by atoms with E-state index in [1.54, 1.807) is 32.9 Å². The van der Waals surface area contributed by atoms with E-state index in [-0.39, 0.29) is 37.4 Å². The van der Waals surface area contributed by atoms with Gasteiger partial charge in [0.05, 0.1) is 17.5 Å². The number of carbonyl (C=O) groups excluding carboxylic acids is 3. The van der Waals surface area contributed by atoms with Gasteiger partial charge in [-0.3, -0.25) is 14.9 Å². The lowest BCUT2D eigenvalue weighted by atomic mass is 9.86. The summed E-state index contributed by atoms with van der Waals surface area (Å²) in [4.78, 5) is 36.4. The number of likely N-dealkylation sites (tertiary alicyclic amines) is 1. The van der Waals surface area contributed by atoms with Gasteiger partial charge in [-0.15, -0.1) is 0 Å². The van der Waals surface area contributed by atoms with Gasteiger partial charge in [0.2, 0.25) is 11.8 Å². The van der Waals surface area contributed by atoms with Crippen LogP contribution in [0.25, 0.3) is 0 Å². The average molecular weight is 465 g/mol. The largest absolute Gasteiger partial charge is 0.444 e. The number of halogens is 2. The van der Waals surface area contributed by atoms with Crippen molar-refractivity contribution in [2.45, 2.75) is 64.5 Å². The molecule has 2 aliphatic heterocycles. The van der Waals surface area contributed by atoms with E-state index in [1.165, 1.54) is 6.07 Å². The Bertz CT molecular complexity index is 974. The molecule has 2 fully saturated rings. The summed E-state index contributed by atoms with van der Waals surface area (Å²) >= 11 is 0. The standard InChI is InChI=1S/C23H30F2N4O4/c1-5-27-17-12-13(6-7-14(17)19(26)15-8-9-18(30)28-20(15)31)16-10-11-29(23(16,24)25)21(32)33-22(2,3)4/h6-7,12,15-16,26-27H,5,8-11H2,1-4H3,(H,28,30,31). The molecule has 3 rings (SSSR count). The second kappa shape index (κ2) is 9.07. The van der Waals surface area contributed by atoms with Crippen molar-refractivity contribution in [1.29, 1.82) is 5.41 Å². The summed E-state index contributed by atoms with van der Waals surface area (Å²) in [5.41, 5.74) is 0.330. The molecule has 2 heterocycles. The maximum atomic E-state index is 15.2. The molecule has 2 atom stereocenters. The number of hydrogen-bond acceptors (Lipinski definition) is 6. The van der Waals surface area contributed by atoms with E-state index < -0.39 is 35.5 Å². The van der Waals surface area contributed by atoms with Crippen molar-refractivity contribution in [2.75, 3.05) is 18.4 Å². The van der Waals surface area contributed by atoms with Crippen molar-refractivity contribution in [1.82, 2.24) is 10.2 Å². The fraction of sp³-hybridized carbons (Fsp3) is 0.565. The Morgan fingerprint density at radius 3 is 2.61 bits per heavy atom. The van der Waals surface area contributed by atoms with Gasteiger partial charge in [0.15, 0.2) is 0 Å². The summed E-state index contributed by atoms with van der Waals surface area (Å²) in [6.45, 7) is 7.03. The summed E-state index contributed by atoms with van der Waals surface area (Å²) in [7, 11) is 0. The smallest absolute Gasteiger partial charge is 0.414 e. The Morgan fingerprint density at radius 1 is 1.30 bits per heavy atom. The zero-order chi connectivity index (χ0) is 24.6. The van der Waals surface area contributed by atoms with Crippen molar-refractivity contribution >= 4 is 29.3 Å². The lowest BCUT2D eigenvalue weighted by molar-refractivity contribution is -0.134. The number of anilines is 1. The van der Waals surface area contributed by atoms with E-state index in [0.717, 1.165) is 0 Å². The Hall–Kier alpha value is -3.04. The molecule has 0 saturated carbocycles. The van der Waals surface area contributed by atoms with E-state index in [4.69, 9.17) is 10.1 Å². The highest BCUT2D eigenvalue weighted by Crippen LogP contribution is 2.46. The quantitative estimate of drug-likeness (QED) is 0.348. The van der Waals surface area contributed by atoms with Gasteiger partial charge in [-0.25, -0.2) is 9.69 Å². The Balaban J connectivity index is 1.87. The monoisotopic (exact) mass is 464 g/mol. The van der Waals surface area contributed by atoms with Crippen LogP contribution in [0, 0.1) is 11.3 Å². The number of carbonyl (C=O) groups is 3. The summed E-state index contributed by atoms with van der Waals surface area (Å²) in [6, 6.07) is 1.17. The summed E-state index contributed by atoms with van der Waals surface area (Å²) < 4.78 is 35.6. The highest BCUT2D eigenvalue weighted by Gasteiger charge is 2.54. The van der Waals surface area contributed by atoms with Gasteiger partial charge in [0, 0.05) is 30.8 Å². The Labute approximate surface area is 191 Å². The first kappa shape index (κ1) is 24.6. The highest BCUT2D eigenvalue weighted by atomic mass is 19.3. The predicted octanol–water partition coefficient (Wildman–Crippen LogP) is 3.86. The Kier molecular flexibility index (Phi) is 6.76. The van der Waals surface area contributed by atoms with E-state index in [2.05, 4.69) is 10.6 Å². The number of nitrogens with one attached hydrogen (secondary N) is 3. The first-order valence-corrected chi connectivity index (χ1v) is 11.0. The molecule has 1 aromatic rings. The molecule has 0 bridgehead atoms. The molecule has 0 aliphatic carbocycles. The molecule has 2 saturated heterocycles. The summed E-state index contributed by atoms with van der Waals surface area (Å²) in [6.07, 6.45) is -0.634. The number of amides is 3. The molecule has 3 amide bonds. The van der Waals surface area contributed by atoms with Crippen molar-refractivity contribution in [3.8, 4) is 0 Å². The molecule has 2 unspecified atom stereocenters. The van der Waals surface area contributed by atoms with Crippen LogP contribution in [-0.2, 0) is 14.3 Å². The van der Waals surface area contributed by atoms with Crippen LogP contribution in [0.15, 0.2) is 18.2 Å². The zero-order valence-corrected chi connectivity index (χ0v) is 19.3. The number of nitrogens with zero attached hydrogens (tertiary/aromatic N) is 1. The molecule has 33 heavy (non-hydrogen) atoms. The molecule has 0 aromatic heterocycles. The second-order valence-corrected chi connectivity index (χ2v) is 9.31. The fourth-order valence-corrected chi connectivity index (χ4v) is 4.17. The van der Waals surface area contributed by atoms with Gasteiger partial charge in [0.25, 0.3) is 0 Å². The first-order valence-electron chi connectivity index (χ1n) is 11.0. The molecule has 2 aliphatic rings. The second-order valence-electron chi connectivity index (χ2n) is 9.31. The number of ether oxygens (including phenoxy) is 1.